The van der Waals surface area contributed by atoms with Crippen molar-refractivity contribution >= 4 is 11.6 Å². The molecule has 1 heteroatoms. The van der Waals surface area contributed by atoms with Gasteiger partial charge in [0.25, 0.3) is 0 Å². The molecule has 0 aliphatic rings. The Morgan fingerprint density at radius 1 is 0.821 bits per heavy atom. The molecule has 0 N–H and O–H groups in total. The summed E-state index contributed by atoms with van der Waals surface area (Å²) < 4.78 is 13.1. The lowest BCUT2D eigenvalue weighted by Gasteiger charge is -2.02. The zero-order valence-electron chi connectivity index (χ0n) is 16.5. The van der Waals surface area contributed by atoms with Crippen molar-refractivity contribution in [3.05, 3.63) is 106 Å². The van der Waals surface area contributed by atoms with Crippen molar-refractivity contribution in [1.82, 2.24) is 0 Å². The molecule has 0 heterocycles. The fraction of sp³-hybridized carbons (Fsp3) is 0.185. The number of benzene rings is 3. The Morgan fingerprint density at radius 3 is 1.96 bits per heavy atom. The predicted molar refractivity (Wildman–Crippen MR) is 117 cm³/mol. The summed E-state index contributed by atoms with van der Waals surface area (Å²) in [7, 11) is 0. The van der Waals surface area contributed by atoms with E-state index in [1.54, 1.807) is 12.1 Å². The Bertz CT molecular complexity index is 979. The quantitative estimate of drug-likeness (QED) is 0.332. The highest BCUT2D eigenvalue weighted by molar-refractivity contribution is 5.80. The molecule has 0 atom stereocenters. The van der Waals surface area contributed by atoms with E-state index in [-0.39, 0.29) is 5.82 Å². The smallest absolute Gasteiger partial charge is 0.123 e. The molecule has 0 aliphatic heterocycles. The lowest BCUT2D eigenvalue weighted by atomic mass is 10.0. The first-order chi connectivity index (χ1) is 13.6. The molecule has 0 nitrogen and oxygen atoms in total. The first-order valence-electron chi connectivity index (χ1n) is 9.79. The number of hydrogen-bond acceptors (Lipinski definition) is 0. The number of unbranched alkanes of at least 4 members (excludes halogenated alkanes) is 1. The fourth-order valence-electron chi connectivity index (χ4n) is 2.99. The molecule has 0 saturated carbocycles. The van der Waals surface area contributed by atoms with Crippen LogP contribution in [-0.2, 0) is 6.42 Å². The van der Waals surface area contributed by atoms with Gasteiger partial charge in [-0.25, -0.2) is 4.39 Å². The van der Waals surface area contributed by atoms with E-state index >= 15 is 0 Å². The van der Waals surface area contributed by atoms with Crippen LogP contribution in [0.25, 0.3) is 11.6 Å². The van der Waals surface area contributed by atoms with Gasteiger partial charge in [-0.15, -0.1) is 0 Å². The van der Waals surface area contributed by atoms with Crippen molar-refractivity contribution in [3.63, 3.8) is 0 Å². The van der Waals surface area contributed by atoms with Gasteiger partial charge in [0.2, 0.25) is 0 Å². The van der Waals surface area contributed by atoms with Crippen molar-refractivity contribution in [2.75, 3.05) is 0 Å². The third-order valence-electron chi connectivity index (χ3n) is 4.72. The van der Waals surface area contributed by atoms with E-state index in [0.29, 0.717) is 0 Å². The minimum Gasteiger partial charge on any atom is -0.207 e. The Morgan fingerprint density at radius 2 is 1.39 bits per heavy atom. The molecule has 3 rings (SSSR count). The lowest BCUT2D eigenvalue weighted by Crippen LogP contribution is -1.85. The minimum atomic E-state index is -0.213. The van der Waals surface area contributed by atoms with E-state index in [2.05, 4.69) is 61.2 Å². The number of hydrogen-bond donors (Lipinski definition) is 0. The van der Waals surface area contributed by atoms with Crippen LogP contribution in [0.15, 0.2) is 72.8 Å². The highest BCUT2D eigenvalue weighted by Crippen LogP contribution is 2.18. The van der Waals surface area contributed by atoms with E-state index in [9.17, 15) is 4.39 Å². The normalized spacial score (nSPS) is 11.0. The Balaban J connectivity index is 1.67. The molecule has 0 bridgehead atoms. The zero-order valence-corrected chi connectivity index (χ0v) is 16.5. The van der Waals surface area contributed by atoms with Crippen molar-refractivity contribution in [2.45, 2.75) is 33.1 Å². The summed E-state index contributed by atoms with van der Waals surface area (Å²) in [6, 6.07) is 23.3. The highest BCUT2D eigenvalue weighted by atomic mass is 19.1. The van der Waals surface area contributed by atoms with Crippen LogP contribution in [0.1, 0.15) is 54.5 Å². The van der Waals surface area contributed by atoms with Crippen LogP contribution in [0.4, 0.5) is 4.39 Å². The molecule has 0 amide bonds. The summed E-state index contributed by atoms with van der Waals surface area (Å²) in [5.74, 6) is 6.25. The molecule has 0 saturated heterocycles. The summed E-state index contributed by atoms with van der Waals surface area (Å²) >= 11 is 0. The van der Waals surface area contributed by atoms with Gasteiger partial charge in [0.1, 0.15) is 5.82 Å². The van der Waals surface area contributed by atoms with Crippen molar-refractivity contribution in [2.24, 2.45) is 0 Å². The molecule has 3 aromatic carbocycles. The molecule has 140 valence electrons. The largest absolute Gasteiger partial charge is 0.207 e. The summed E-state index contributed by atoms with van der Waals surface area (Å²) in [6.45, 7) is 4.25. The van der Waals surface area contributed by atoms with Gasteiger partial charge in [-0.3, -0.25) is 0 Å². The first kappa shape index (κ1) is 19.6. The van der Waals surface area contributed by atoms with Gasteiger partial charge in [-0.2, -0.15) is 0 Å². The summed E-state index contributed by atoms with van der Waals surface area (Å²) in [5.41, 5.74) is 6.63. The van der Waals surface area contributed by atoms with Crippen LogP contribution < -0.4 is 0 Å². The first-order valence-corrected chi connectivity index (χ1v) is 9.79. The van der Waals surface area contributed by atoms with Gasteiger partial charge >= 0.3 is 0 Å². The third-order valence-corrected chi connectivity index (χ3v) is 4.72. The van der Waals surface area contributed by atoms with Gasteiger partial charge in [0.05, 0.1) is 0 Å². The van der Waals surface area contributed by atoms with Crippen LogP contribution in [0, 0.1) is 17.7 Å². The second-order valence-electron chi connectivity index (χ2n) is 7.01. The van der Waals surface area contributed by atoms with Gasteiger partial charge in [0.15, 0.2) is 0 Å². The average Bonchev–Trinajstić information content (AvgIpc) is 2.73. The van der Waals surface area contributed by atoms with Gasteiger partial charge in [-0.1, -0.05) is 67.7 Å². The molecule has 0 fully saturated rings. The van der Waals surface area contributed by atoms with E-state index in [4.69, 9.17) is 0 Å². The molecule has 28 heavy (non-hydrogen) atoms. The maximum Gasteiger partial charge on any atom is 0.123 e. The average molecular weight is 368 g/mol. The fourth-order valence-corrected chi connectivity index (χ4v) is 2.99. The monoisotopic (exact) mass is 368 g/mol. The molecule has 0 unspecified atom stereocenters. The highest BCUT2D eigenvalue weighted by Gasteiger charge is 1.98. The zero-order chi connectivity index (χ0) is 19.8. The summed E-state index contributed by atoms with van der Waals surface area (Å²) in [4.78, 5) is 0. The molecule has 0 aromatic heterocycles. The maximum absolute atomic E-state index is 13.1. The van der Waals surface area contributed by atoms with Crippen LogP contribution in [0.2, 0.25) is 0 Å². The number of aryl methyl sites for hydroxylation is 1. The molecule has 0 spiro atoms. The predicted octanol–water partition coefficient (Wildman–Crippen LogP) is 7.13. The standard InChI is InChI=1S/C27H25F/c1-3-4-5-22-6-8-23(9-7-22)10-11-24-12-14-25(15-13-24)20-21(2)26-16-18-27(28)19-17-26/h6-9,12-20H,3-5H2,1-2H3/b21-20+. The second kappa shape index (κ2) is 9.72. The molecule has 0 aliphatic carbocycles. The molecular formula is C27H25F. The molecule has 3 aromatic rings. The summed E-state index contributed by atoms with van der Waals surface area (Å²) in [6.07, 6.45) is 5.68. The van der Waals surface area contributed by atoms with E-state index < -0.39 is 0 Å². The van der Waals surface area contributed by atoms with Gasteiger partial charge in [0, 0.05) is 11.1 Å². The third kappa shape index (κ3) is 5.69. The number of halogens is 1. The van der Waals surface area contributed by atoms with Crippen molar-refractivity contribution in [3.8, 4) is 11.8 Å². The maximum atomic E-state index is 13.1. The number of rotatable bonds is 5. The van der Waals surface area contributed by atoms with Crippen LogP contribution in [0.3, 0.4) is 0 Å². The van der Waals surface area contributed by atoms with E-state index in [1.165, 1.54) is 30.5 Å². The molecule has 0 radical (unpaired) electrons. The van der Waals surface area contributed by atoms with Gasteiger partial charge < -0.3 is 0 Å². The lowest BCUT2D eigenvalue weighted by molar-refractivity contribution is 0.627. The van der Waals surface area contributed by atoms with Crippen LogP contribution in [0.5, 0.6) is 0 Å². The Kier molecular flexibility index (Phi) is 6.82. The van der Waals surface area contributed by atoms with Crippen molar-refractivity contribution in [1.29, 1.82) is 0 Å². The van der Waals surface area contributed by atoms with Crippen LogP contribution >= 0.6 is 0 Å². The van der Waals surface area contributed by atoms with E-state index in [0.717, 1.165) is 34.2 Å². The molecular weight excluding hydrogens is 343 g/mol. The SMILES string of the molecule is CCCCc1ccc(C#Cc2ccc(/C=C(\C)c3ccc(F)cc3)cc2)cc1. The minimum absolute atomic E-state index is 0.213. The summed E-state index contributed by atoms with van der Waals surface area (Å²) in [5, 5.41) is 0. The van der Waals surface area contributed by atoms with Crippen molar-refractivity contribution < 1.29 is 4.39 Å². The Hall–Kier alpha value is -3.11. The van der Waals surface area contributed by atoms with Gasteiger partial charge in [-0.05, 0) is 78.4 Å². The topological polar surface area (TPSA) is 0 Å². The Labute approximate surface area is 167 Å². The number of allylic oxidation sites excluding steroid dienone is 1. The second-order valence-corrected chi connectivity index (χ2v) is 7.01. The van der Waals surface area contributed by atoms with Crippen LogP contribution in [-0.4, -0.2) is 0 Å². The van der Waals surface area contributed by atoms with E-state index in [1.807, 2.05) is 19.1 Å².